The van der Waals surface area contributed by atoms with Crippen molar-refractivity contribution in [3.05, 3.63) is 77.9 Å². The molecule has 32 heavy (non-hydrogen) atoms. The van der Waals surface area contributed by atoms with Crippen molar-refractivity contribution in [1.82, 2.24) is 14.5 Å². The number of benzene rings is 1. The SMILES string of the molecule is Cc1ccc(-c2ccc3cnc(CC(=O)c4ccnc(N5CCCCC5)c4)cc3c2)n1C. The van der Waals surface area contributed by atoms with E-state index in [4.69, 9.17) is 0 Å². The Morgan fingerprint density at radius 1 is 0.938 bits per heavy atom. The molecular weight excluding hydrogens is 396 g/mol. The van der Waals surface area contributed by atoms with Crippen LogP contribution in [-0.4, -0.2) is 33.4 Å². The first-order chi connectivity index (χ1) is 15.6. The summed E-state index contributed by atoms with van der Waals surface area (Å²) in [6.07, 6.45) is 7.54. The number of fused-ring (bicyclic) bond motifs is 1. The number of nitrogens with zero attached hydrogens (tertiary/aromatic N) is 4. The number of anilines is 1. The summed E-state index contributed by atoms with van der Waals surface area (Å²) in [6.45, 7) is 4.13. The van der Waals surface area contributed by atoms with Crippen molar-refractivity contribution in [1.29, 1.82) is 0 Å². The van der Waals surface area contributed by atoms with Gasteiger partial charge in [-0.15, -0.1) is 0 Å². The highest BCUT2D eigenvalue weighted by Crippen LogP contribution is 2.26. The zero-order valence-electron chi connectivity index (χ0n) is 18.7. The fourth-order valence-electron chi connectivity index (χ4n) is 4.50. The van der Waals surface area contributed by atoms with E-state index in [1.54, 1.807) is 6.20 Å². The van der Waals surface area contributed by atoms with Crippen LogP contribution in [0, 0.1) is 6.92 Å². The molecule has 0 saturated carbocycles. The Morgan fingerprint density at radius 2 is 1.78 bits per heavy atom. The molecule has 4 heterocycles. The van der Waals surface area contributed by atoms with Gasteiger partial charge in [0, 0.05) is 60.6 Å². The summed E-state index contributed by atoms with van der Waals surface area (Å²) in [4.78, 5) is 24.4. The van der Waals surface area contributed by atoms with Crippen molar-refractivity contribution < 1.29 is 4.79 Å². The minimum Gasteiger partial charge on any atom is -0.357 e. The maximum Gasteiger partial charge on any atom is 0.169 e. The van der Waals surface area contributed by atoms with Crippen molar-refractivity contribution in [2.75, 3.05) is 18.0 Å². The van der Waals surface area contributed by atoms with Crippen molar-refractivity contribution in [3.8, 4) is 11.3 Å². The number of ketones is 1. The van der Waals surface area contributed by atoms with E-state index in [1.165, 1.54) is 30.7 Å². The number of pyridine rings is 2. The second-order valence-electron chi connectivity index (χ2n) is 8.71. The molecular formula is C27H28N4O. The van der Waals surface area contributed by atoms with E-state index in [0.29, 0.717) is 5.56 Å². The highest BCUT2D eigenvalue weighted by molar-refractivity contribution is 5.98. The molecule has 1 saturated heterocycles. The third-order valence-electron chi connectivity index (χ3n) is 6.54. The molecule has 0 atom stereocenters. The van der Waals surface area contributed by atoms with Crippen LogP contribution in [0.25, 0.3) is 22.0 Å². The summed E-state index contributed by atoms with van der Waals surface area (Å²) >= 11 is 0. The second-order valence-corrected chi connectivity index (χ2v) is 8.71. The van der Waals surface area contributed by atoms with Crippen LogP contribution in [0.5, 0.6) is 0 Å². The van der Waals surface area contributed by atoms with Gasteiger partial charge in [0.25, 0.3) is 0 Å². The fraction of sp³-hybridized carbons (Fsp3) is 0.296. The van der Waals surface area contributed by atoms with Gasteiger partial charge < -0.3 is 9.47 Å². The number of rotatable bonds is 5. The number of aromatic nitrogens is 3. The van der Waals surface area contributed by atoms with E-state index in [-0.39, 0.29) is 12.2 Å². The Balaban J connectivity index is 1.39. The van der Waals surface area contributed by atoms with E-state index >= 15 is 0 Å². The van der Waals surface area contributed by atoms with E-state index in [2.05, 4.69) is 63.7 Å². The molecule has 0 radical (unpaired) electrons. The van der Waals surface area contributed by atoms with Gasteiger partial charge in [0.15, 0.2) is 5.78 Å². The van der Waals surface area contributed by atoms with E-state index in [9.17, 15) is 4.79 Å². The Labute approximate surface area is 188 Å². The molecule has 0 N–H and O–H groups in total. The number of hydrogen-bond donors (Lipinski definition) is 0. The number of carbonyl (C=O) groups is 1. The molecule has 0 unspecified atom stereocenters. The van der Waals surface area contributed by atoms with Gasteiger partial charge in [-0.3, -0.25) is 9.78 Å². The Morgan fingerprint density at radius 3 is 2.56 bits per heavy atom. The van der Waals surface area contributed by atoms with E-state index in [1.807, 2.05) is 24.4 Å². The van der Waals surface area contributed by atoms with Gasteiger partial charge >= 0.3 is 0 Å². The molecule has 5 rings (SSSR count). The molecule has 5 nitrogen and oxygen atoms in total. The standard InChI is InChI=1S/C27H28N4O/c1-19-6-9-25(30(19)2)20-7-8-22-18-29-24(15-23(22)14-20)17-26(32)21-10-11-28-27(16-21)31-12-4-3-5-13-31/h6-11,14-16,18H,3-5,12-13,17H2,1-2H3. The van der Waals surface area contributed by atoms with Crippen molar-refractivity contribution in [2.24, 2.45) is 7.05 Å². The normalized spacial score (nSPS) is 14.1. The lowest BCUT2D eigenvalue weighted by Gasteiger charge is -2.27. The fourth-order valence-corrected chi connectivity index (χ4v) is 4.50. The summed E-state index contributed by atoms with van der Waals surface area (Å²) in [5.74, 6) is 0.983. The molecule has 1 aliphatic rings. The monoisotopic (exact) mass is 424 g/mol. The van der Waals surface area contributed by atoms with Crippen LogP contribution in [0.4, 0.5) is 5.82 Å². The van der Waals surface area contributed by atoms with Gasteiger partial charge in [0.05, 0.1) is 6.42 Å². The zero-order valence-corrected chi connectivity index (χ0v) is 18.7. The van der Waals surface area contributed by atoms with Gasteiger partial charge in [0.1, 0.15) is 5.82 Å². The van der Waals surface area contributed by atoms with Crippen LogP contribution >= 0.6 is 0 Å². The van der Waals surface area contributed by atoms with Crippen LogP contribution in [0.2, 0.25) is 0 Å². The molecule has 4 aromatic rings. The third kappa shape index (κ3) is 4.03. The molecule has 162 valence electrons. The second kappa shape index (κ2) is 8.58. The number of Topliss-reactive ketones (excluding diaryl/α,β-unsaturated/α-hetero) is 1. The predicted octanol–water partition coefficient (Wildman–Crippen LogP) is 5.36. The van der Waals surface area contributed by atoms with Crippen LogP contribution in [0.15, 0.2) is 60.9 Å². The van der Waals surface area contributed by atoms with Gasteiger partial charge in [-0.05, 0) is 73.5 Å². The molecule has 0 spiro atoms. The highest BCUT2D eigenvalue weighted by atomic mass is 16.1. The predicted molar refractivity (Wildman–Crippen MR) is 129 cm³/mol. The Hall–Kier alpha value is -3.47. The molecule has 0 aliphatic carbocycles. The summed E-state index contributed by atoms with van der Waals surface area (Å²) in [6, 6.07) is 16.5. The first-order valence-electron chi connectivity index (χ1n) is 11.3. The van der Waals surface area contributed by atoms with Crippen molar-refractivity contribution in [2.45, 2.75) is 32.6 Å². The number of aryl methyl sites for hydroxylation is 1. The molecule has 0 bridgehead atoms. The van der Waals surface area contributed by atoms with Crippen LogP contribution in [0.3, 0.4) is 0 Å². The highest BCUT2D eigenvalue weighted by Gasteiger charge is 2.15. The van der Waals surface area contributed by atoms with Gasteiger partial charge in [-0.2, -0.15) is 0 Å². The maximum absolute atomic E-state index is 13.0. The number of hydrogen-bond acceptors (Lipinski definition) is 4. The van der Waals surface area contributed by atoms with Crippen molar-refractivity contribution >= 4 is 22.4 Å². The smallest absolute Gasteiger partial charge is 0.169 e. The Bertz CT molecular complexity index is 1280. The lowest BCUT2D eigenvalue weighted by molar-refractivity contribution is 0.0992. The lowest BCUT2D eigenvalue weighted by Crippen LogP contribution is -2.30. The van der Waals surface area contributed by atoms with E-state index < -0.39 is 0 Å². The molecule has 1 aliphatic heterocycles. The minimum atomic E-state index is 0.0757. The number of piperidine rings is 1. The van der Waals surface area contributed by atoms with Crippen LogP contribution < -0.4 is 4.90 Å². The first kappa shape index (κ1) is 20.4. The van der Waals surface area contributed by atoms with Crippen molar-refractivity contribution in [3.63, 3.8) is 0 Å². The number of carbonyl (C=O) groups excluding carboxylic acids is 1. The van der Waals surface area contributed by atoms with E-state index in [0.717, 1.165) is 40.9 Å². The Kier molecular flexibility index (Phi) is 5.48. The average molecular weight is 425 g/mol. The zero-order chi connectivity index (χ0) is 22.1. The summed E-state index contributed by atoms with van der Waals surface area (Å²) in [5, 5.41) is 2.18. The van der Waals surface area contributed by atoms with Gasteiger partial charge in [0.2, 0.25) is 0 Å². The van der Waals surface area contributed by atoms with Gasteiger partial charge in [-0.25, -0.2) is 4.98 Å². The summed E-state index contributed by atoms with van der Waals surface area (Å²) in [7, 11) is 2.08. The first-order valence-corrected chi connectivity index (χ1v) is 11.3. The summed E-state index contributed by atoms with van der Waals surface area (Å²) in [5.41, 5.74) is 5.06. The average Bonchev–Trinajstić information content (AvgIpc) is 3.17. The minimum absolute atomic E-state index is 0.0757. The third-order valence-corrected chi connectivity index (χ3v) is 6.54. The molecule has 5 heteroatoms. The quantitative estimate of drug-likeness (QED) is 0.405. The molecule has 3 aromatic heterocycles. The molecule has 1 aromatic carbocycles. The molecule has 1 fully saturated rings. The maximum atomic E-state index is 13.0. The van der Waals surface area contributed by atoms with Crippen LogP contribution in [-0.2, 0) is 13.5 Å². The molecule has 0 amide bonds. The largest absolute Gasteiger partial charge is 0.357 e. The summed E-state index contributed by atoms with van der Waals surface area (Å²) < 4.78 is 2.19. The van der Waals surface area contributed by atoms with Gasteiger partial charge in [-0.1, -0.05) is 12.1 Å². The lowest BCUT2D eigenvalue weighted by atomic mass is 10.0. The van der Waals surface area contributed by atoms with Crippen LogP contribution in [0.1, 0.15) is 41.0 Å². The topological polar surface area (TPSA) is 51.0 Å².